The second-order valence-electron chi connectivity index (χ2n) is 10.9. The highest BCUT2D eigenvalue weighted by Crippen LogP contribution is 2.42. The molecule has 4 nitrogen and oxygen atoms in total. The predicted molar refractivity (Wildman–Crippen MR) is 134 cm³/mol. The molecule has 1 saturated heterocycles. The molecule has 2 fully saturated rings. The molecule has 4 rings (SSSR count). The molecule has 1 N–H and O–H groups in total. The Balaban J connectivity index is 1.43. The maximum absolute atomic E-state index is 13.8. The second kappa shape index (κ2) is 9.99. The van der Waals surface area contributed by atoms with E-state index in [-0.39, 0.29) is 11.8 Å². The molecule has 2 aromatic carbocycles. The van der Waals surface area contributed by atoms with Crippen LogP contribution in [0, 0.1) is 12.8 Å². The molecule has 178 valence electrons. The number of benzene rings is 2. The number of likely N-dealkylation sites (tertiary alicyclic amines) is 1. The van der Waals surface area contributed by atoms with Crippen molar-refractivity contribution in [2.24, 2.45) is 5.92 Å². The quantitative estimate of drug-likeness (QED) is 0.624. The summed E-state index contributed by atoms with van der Waals surface area (Å²) in [5.41, 5.74) is 1.91. The van der Waals surface area contributed by atoms with Gasteiger partial charge in [0.15, 0.2) is 5.60 Å². The molecule has 4 heteroatoms. The summed E-state index contributed by atoms with van der Waals surface area (Å²) in [6.07, 6.45) is 7.10. The number of nitrogens with zero attached hydrogens (tertiary/aromatic N) is 2. The molecule has 1 aliphatic carbocycles. The molecule has 1 aliphatic heterocycles. The van der Waals surface area contributed by atoms with Gasteiger partial charge in [-0.3, -0.25) is 4.79 Å². The van der Waals surface area contributed by atoms with Crippen LogP contribution in [0.3, 0.4) is 0 Å². The Morgan fingerprint density at radius 3 is 2.18 bits per heavy atom. The first-order chi connectivity index (χ1) is 15.8. The van der Waals surface area contributed by atoms with Gasteiger partial charge in [-0.2, -0.15) is 0 Å². The molecule has 0 radical (unpaired) electrons. The lowest BCUT2D eigenvalue weighted by Gasteiger charge is -2.45. The van der Waals surface area contributed by atoms with Crippen LogP contribution in [0.15, 0.2) is 54.6 Å². The van der Waals surface area contributed by atoms with Crippen LogP contribution in [0.25, 0.3) is 0 Å². The number of piperidine rings is 1. The van der Waals surface area contributed by atoms with Gasteiger partial charge >= 0.3 is 0 Å². The third-order valence-corrected chi connectivity index (χ3v) is 8.32. The summed E-state index contributed by atoms with van der Waals surface area (Å²) in [6.45, 7) is 4.61. The Bertz CT molecular complexity index is 910. The highest BCUT2D eigenvalue weighted by molar-refractivity contribution is 5.87. The third-order valence-electron chi connectivity index (χ3n) is 8.32. The zero-order valence-electron chi connectivity index (χ0n) is 20.7. The molecule has 2 aromatic rings. The molecule has 0 aromatic heterocycles. The van der Waals surface area contributed by atoms with Gasteiger partial charge in [-0.1, -0.05) is 73.0 Å². The number of hydrogen-bond acceptors (Lipinski definition) is 2. The fraction of sp³-hybridized carbons (Fsp3) is 0.552. The van der Waals surface area contributed by atoms with Gasteiger partial charge in [0.05, 0.1) is 26.7 Å². The van der Waals surface area contributed by atoms with E-state index in [4.69, 9.17) is 0 Å². The SMILES string of the molecule is Cc1ccc(C(O)(C(=O)N2CCC([N+](C)(C)CCc3ccccc3)CC2)C2CCCC2)cc1. The zero-order valence-corrected chi connectivity index (χ0v) is 20.7. The Kier molecular flexibility index (Phi) is 7.25. The van der Waals surface area contributed by atoms with Crippen LogP contribution in [-0.4, -0.2) is 60.2 Å². The topological polar surface area (TPSA) is 40.5 Å². The average molecular weight is 450 g/mol. The largest absolute Gasteiger partial charge is 0.375 e. The summed E-state index contributed by atoms with van der Waals surface area (Å²) in [7, 11) is 4.65. The van der Waals surface area contributed by atoms with Crippen LogP contribution in [-0.2, 0) is 16.8 Å². The Morgan fingerprint density at radius 2 is 1.58 bits per heavy atom. The van der Waals surface area contributed by atoms with Gasteiger partial charge in [0, 0.05) is 38.3 Å². The summed E-state index contributed by atoms with van der Waals surface area (Å²) >= 11 is 0. The van der Waals surface area contributed by atoms with E-state index < -0.39 is 5.60 Å². The molecule has 1 atom stereocenters. The van der Waals surface area contributed by atoms with E-state index in [1.165, 1.54) is 5.56 Å². The first kappa shape index (κ1) is 24.0. The van der Waals surface area contributed by atoms with Gasteiger partial charge in [0.25, 0.3) is 5.91 Å². The maximum Gasteiger partial charge on any atom is 0.259 e. The van der Waals surface area contributed by atoms with Crippen LogP contribution >= 0.6 is 0 Å². The molecular formula is C29H41N2O2+. The average Bonchev–Trinajstić information content (AvgIpc) is 3.39. The van der Waals surface area contributed by atoms with Gasteiger partial charge < -0.3 is 14.5 Å². The number of carbonyl (C=O) groups is 1. The van der Waals surface area contributed by atoms with Crippen molar-refractivity contribution >= 4 is 5.91 Å². The van der Waals surface area contributed by atoms with E-state index in [1.807, 2.05) is 36.1 Å². The van der Waals surface area contributed by atoms with E-state index in [1.54, 1.807) is 0 Å². The number of likely N-dealkylation sites (N-methyl/N-ethyl adjacent to an activating group) is 1. The molecule has 0 spiro atoms. The van der Waals surface area contributed by atoms with Crippen LogP contribution in [0.4, 0.5) is 0 Å². The first-order valence-electron chi connectivity index (χ1n) is 12.8. The Labute approximate surface area is 199 Å². The standard InChI is InChI=1S/C29H41N2O2/c1-23-13-15-26(16-14-23)29(33,25-11-7-8-12-25)28(32)30-20-17-27(18-21-30)31(2,3)22-19-24-9-5-4-6-10-24/h4-6,9-10,13-16,25,27,33H,7-8,11-12,17-22H2,1-3H3/q+1. The fourth-order valence-corrected chi connectivity index (χ4v) is 5.94. The van der Waals surface area contributed by atoms with Crippen LogP contribution in [0.2, 0.25) is 0 Å². The highest BCUT2D eigenvalue weighted by Gasteiger charge is 2.49. The van der Waals surface area contributed by atoms with Crippen molar-refractivity contribution in [3.63, 3.8) is 0 Å². The van der Waals surface area contributed by atoms with Crippen molar-refractivity contribution in [2.45, 2.75) is 63.5 Å². The van der Waals surface area contributed by atoms with Crippen LogP contribution in [0.5, 0.6) is 0 Å². The molecule has 1 heterocycles. The Hall–Kier alpha value is -2.17. The summed E-state index contributed by atoms with van der Waals surface area (Å²) in [4.78, 5) is 15.8. The Morgan fingerprint density at radius 1 is 0.970 bits per heavy atom. The molecule has 33 heavy (non-hydrogen) atoms. The monoisotopic (exact) mass is 449 g/mol. The summed E-state index contributed by atoms with van der Waals surface area (Å²) in [5.74, 6) is -0.0604. The number of amides is 1. The van der Waals surface area contributed by atoms with Crippen molar-refractivity contribution < 1.29 is 14.4 Å². The summed E-state index contributed by atoms with van der Waals surface area (Å²) in [6, 6.07) is 19.2. The minimum atomic E-state index is -1.39. The van der Waals surface area contributed by atoms with E-state index in [2.05, 4.69) is 44.4 Å². The second-order valence-corrected chi connectivity index (χ2v) is 10.9. The smallest absolute Gasteiger partial charge is 0.259 e. The van der Waals surface area contributed by atoms with Crippen molar-refractivity contribution in [1.29, 1.82) is 0 Å². The summed E-state index contributed by atoms with van der Waals surface area (Å²) < 4.78 is 0.974. The van der Waals surface area contributed by atoms with Crippen molar-refractivity contribution in [3.05, 3.63) is 71.3 Å². The van der Waals surface area contributed by atoms with E-state index in [0.29, 0.717) is 6.04 Å². The highest BCUT2D eigenvalue weighted by atomic mass is 16.3. The van der Waals surface area contributed by atoms with Crippen molar-refractivity contribution in [3.8, 4) is 0 Å². The lowest BCUT2D eigenvalue weighted by molar-refractivity contribution is -0.916. The third kappa shape index (κ3) is 5.17. The summed E-state index contributed by atoms with van der Waals surface area (Å²) in [5, 5.41) is 11.9. The van der Waals surface area contributed by atoms with Gasteiger partial charge in [-0.15, -0.1) is 0 Å². The van der Waals surface area contributed by atoms with Crippen LogP contribution in [0.1, 0.15) is 55.2 Å². The number of aliphatic hydroxyl groups is 1. The van der Waals surface area contributed by atoms with E-state index >= 15 is 0 Å². The van der Waals surface area contributed by atoms with E-state index in [0.717, 1.165) is 80.2 Å². The van der Waals surface area contributed by atoms with Crippen molar-refractivity contribution in [1.82, 2.24) is 4.90 Å². The van der Waals surface area contributed by atoms with Crippen molar-refractivity contribution in [2.75, 3.05) is 33.7 Å². The van der Waals surface area contributed by atoms with E-state index in [9.17, 15) is 9.90 Å². The predicted octanol–water partition coefficient (Wildman–Crippen LogP) is 4.68. The van der Waals surface area contributed by atoms with Crippen LogP contribution < -0.4 is 0 Å². The number of hydrogen-bond donors (Lipinski definition) is 1. The maximum atomic E-state index is 13.8. The number of rotatable bonds is 7. The molecule has 2 aliphatic rings. The molecule has 1 amide bonds. The number of aryl methyl sites for hydroxylation is 1. The van der Waals surface area contributed by atoms with Gasteiger partial charge in [-0.25, -0.2) is 0 Å². The lowest BCUT2D eigenvalue weighted by Crippen LogP contribution is -2.58. The number of carbonyl (C=O) groups excluding carboxylic acids is 1. The zero-order chi connectivity index (χ0) is 23.5. The molecular weight excluding hydrogens is 408 g/mol. The van der Waals surface area contributed by atoms with Gasteiger partial charge in [-0.05, 0) is 30.9 Å². The minimum Gasteiger partial charge on any atom is -0.375 e. The normalized spacial score (nSPS) is 20.1. The lowest BCUT2D eigenvalue weighted by atomic mass is 9.78. The first-order valence-corrected chi connectivity index (χ1v) is 12.8. The molecule has 0 bridgehead atoms. The molecule has 1 saturated carbocycles. The minimum absolute atomic E-state index is 0.0172. The van der Waals surface area contributed by atoms with Gasteiger partial charge in [0.2, 0.25) is 0 Å². The fourth-order valence-electron chi connectivity index (χ4n) is 5.94. The number of quaternary nitrogens is 1. The van der Waals surface area contributed by atoms with Gasteiger partial charge in [0.1, 0.15) is 0 Å². The molecule has 1 unspecified atom stereocenters.